The molecule has 0 amide bonds. The van der Waals surface area contributed by atoms with Gasteiger partial charge in [-0.15, -0.1) is 0 Å². The molecule has 12 heavy (non-hydrogen) atoms. The molecule has 0 unspecified atom stereocenters. The summed E-state index contributed by atoms with van der Waals surface area (Å²) in [5.41, 5.74) is 2.80. The molecule has 0 spiro atoms. The van der Waals surface area contributed by atoms with Crippen molar-refractivity contribution in [3.63, 3.8) is 0 Å². The molecular weight excluding hydrogens is 174 g/mol. The van der Waals surface area contributed by atoms with E-state index in [1.54, 1.807) is 10.7 Å². The van der Waals surface area contributed by atoms with Crippen molar-refractivity contribution in [3.8, 4) is 0 Å². The molecule has 0 radical (unpaired) electrons. The van der Waals surface area contributed by atoms with Gasteiger partial charge in [-0.1, -0.05) is 11.6 Å². The van der Waals surface area contributed by atoms with E-state index in [4.69, 9.17) is 11.6 Å². The lowest BCUT2D eigenvalue weighted by atomic mass is 10.3. The maximum atomic E-state index is 5.75. The summed E-state index contributed by atoms with van der Waals surface area (Å²) in [5.74, 6) is 0. The fourth-order valence-electron chi connectivity index (χ4n) is 1.28. The van der Waals surface area contributed by atoms with Crippen LogP contribution in [0.4, 0.5) is 0 Å². The maximum Gasteiger partial charge on any atom is 0.129 e. The van der Waals surface area contributed by atoms with E-state index in [9.17, 15) is 0 Å². The van der Waals surface area contributed by atoms with Crippen LogP contribution in [0.1, 0.15) is 5.69 Å². The maximum absolute atomic E-state index is 5.75. The van der Waals surface area contributed by atoms with Crippen LogP contribution in [0.15, 0.2) is 12.1 Å². The minimum Gasteiger partial charge on any atom is -0.266 e. The highest BCUT2D eigenvalue weighted by Crippen LogP contribution is 2.17. The van der Waals surface area contributed by atoms with E-state index in [1.165, 1.54) is 0 Å². The Bertz CT molecular complexity index is 433. The average molecular weight is 182 g/mol. The monoisotopic (exact) mass is 181 g/mol. The summed E-state index contributed by atoms with van der Waals surface area (Å²) in [4.78, 5) is 4.18. The number of aromatic nitrogens is 3. The summed E-state index contributed by atoms with van der Waals surface area (Å²) in [7, 11) is 1.89. The highest BCUT2D eigenvalue weighted by molar-refractivity contribution is 6.29. The average Bonchev–Trinajstić information content (AvgIpc) is 2.28. The number of hydrogen-bond donors (Lipinski definition) is 0. The minimum atomic E-state index is 0.513. The largest absolute Gasteiger partial charge is 0.266 e. The summed E-state index contributed by atoms with van der Waals surface area (Å²) >= 11 is 5.75. The molecule has 3 nitrogen and oxygen atoms in total. The molecule has 0 aliphatic rings. The predicted octanol–water partition coefficient (Wildman–Crippen LogP) is 1.93. The lowest BCUT2D eigenvalue weighted by Crippen LogP contribution is -1.88. The van der Waals surface area contributed by atoms with Crippen molar-refractivity contribution in [2.45, 2.75) is 6.92 Å². The van der Waals surface area contributed by atoms with Gasteiger partial charge in [0.1, 0.15) is 10.7 Å². The molecule has 0 atom stereocenters. The van der Waals surface area contributed by atoms with Gasteiger partial charge < -0.3 is 0 Å². The highest BCUT2D eigenvalue weighted by atomic mass is 35.5. The van der Waals surface area contributed by atoms with Gasteiger partial charge in [0, 0.05) is 7.05 Å². The van der Waals surface area contributed by atoms with Crippen molar-refractivity contribution >= 4 is 22.6 Å². The summed E-state index contributed by atoms with van der Waals surface area (Å²) in [6.07, 6.45) is 0. The minimum absolute atomic E-state index is 0.513. The molecule has 2 aromatic rings. The molecular formula is C8H8ClN3. The van der Waals surface area contributed by atoms with Crippen molar-refractivity contribution in [3.05, 3.63) is 23.0 Å². The first-order chi connectivity index (χ1) is 5.68. The second kappa shape index (κ2) is 2.45. The molecule has 0 bridgehead atoms. The normalized spacial score (nSPS) is 10.9. The van der Waals surface area contributed by atoms with Gasteiger partial charge in [0.2, 0.25) is 0 Å². The van der Waals surface area contributed by atoms with Gasteiger partial charge in [-0.2, -0.15) is 5.10 Å². The van der Waals surface area contributed by atoms with E-state index in [2.05, 4.69) is 10.1 Å². The van der Waals surface area contributed by atoms with Crippen LogP contribution in [-0.2, 0) is 7.05 Å². The van der Waals surface area contributed by atoms with Crippen LogP contribution < -0.4 is 0 Å². The van der Waals surface area contributed by atoms with Crippen molar-refractivity contribution in [2.24, 2.45) is 7.05 Å². The van der Waals surface area contributed by atoms with Crippen LogP contribution in [0.25, 0.3) is 11.0 Å². The smallest absolute Gasteiger partial charge is 0.129 e. The molecule has 0 aliphatic heterocycles. The van der Waals surface area contributed by atoms with Crippen molar-refractivity contribution in [2.75, 3.05) is 0 Å². The second-order valence-corrected chi connectivity index (χ2v) is 3.10. The zero-order chi connectivity index (χ0) is 8.72. The SMILES string of the molecule is Cc1nn(C)c2ccc(Cl)nc12. The molecule has 0 saturated heterocycles. The summed E-state index contributed by atoms with van der Waals surface area (Å²) in [6.45, 7) is 1.92. The van der Waals surface area contributed by atoms with E-state index in [-0.39, 0.29) is 0 Å². The van der Waals surface area contributed by atoms with Gasteiger partial charge >= 0.3 is 0 Å². The Morgan fingerprint density at radius 2 is 2.17 bits per heavy atom. The summed E-state index contributed by atoms with van der Waals surface area (Å²) < 4.78 is 1.80. The molecule has 0 aliphatic carbocycles. The van der Waals surface area contributed by atoms with Crippen LogP contribution in [0, 0.1) is 6.92 Å². The fourth-order valence-corrected chi connectivity index (χ4v) is 1.43. The number of halogens is 1. The third-order valence-corrected chi connectivity index (χ3v) is 2.04. The summed E-state index contributed by atoms with van der Waals surface area (Å²) in [5, 5.41) is 4.74. The van der Waals surface area contributed by atoms with Gasteiger partial charge in [-0.3, -0.25) is 4.68 Å². The van der Waals surface area contributed by atoms with E-state index in [0.29, 0.717) is 5.15 Å². The topological polar surface area (TPSA) is 30.7 Å². The van der Waals surface area contributed by atoms with Crippen molar-refractivity contribution in [1.29, 1.82) is 0 Å². The van der Waals surface area contributed by atoms with E-state index in [0.717, 1.165) is 16.7 Å². The predicted molar refractivity (Wildman–Crippen MR) is 48.3 cm³/mol. The number of fused-ring (bicyclic) bond motifs is 1. The Kier molecular flexibility index (Phi) is 1.54. The lowest BCUT2D eigenvalue weighted by Gasteiger charge is -1.92. The first-order valence-electron chi connectivity index (χ1n) is 3.64. The number of nitrogens with zero attached hydrogens (tertiary/aromatic N) is 3. The van der Waals surface area contributed by atoms with Crippen LogP contribution in [0.3, 0.4) is 0 Å². The number of pyridine rings is 1. The third-order valence-electron chi connectivity index (χ3n) is 1.83. The van der Waals surface area contributed by atoms with Gasteiger partial charge in [0.05, 0.1) is 11.2 Å². The number of hydrogen-bond acceptors (Lipinski definition) is 2. The molecule has 62 valence electrons. The zero-order valence-electron chi connectivity index (χ0n) is 6.87. The Hall–Kier alpha value is -1.09. The Morgan fingerprint density at radius 3 is 2.92 bits per heavy atom. The van der Waals surface area contributed by atoms with Crippen LogP contribution in [0.5, 0.6) is 0 Å². The van der Waals surface area contributed by atoms with Crippen molar-refractivity contribution in [1.82, 2.24) is 14.8 Å². The van der Waals surface area contributed by atoms with Crippen LogP contribution in [-0.4, -0.2) is 14.8 Å². The highest BCUT2D eigenvalue weighted by Gasteiger charge is 2.05. The lowest BCUT2D eigenvalue weighted by molar-refractivity contribution is 0.783. The first-order valence-corrected chi connectivity index (χ1v) is 4.02. The Labute approximate surface area is 75.0 Å². The second-order valence-electron chi connectivity index (χ2n) is 2.71. The van der Waals surface area contributed by atoms with Gasteiger partial charge in [0.15, 0.2) is 0 Å². The summed E-state index contributed by atoms with van der Waals surface area (Å²) in [6, 6.07) is 3.69. The van der Waals surface area contributed by atoms with E-state index >= 15 is 0 Å². The Balaban J connectivity index is 2.90. The van der Waals surface area contributed by atoms with E-state index < -0.39 is 0 Å². The van der Waals surface area contributed by atoms with Crippen LogP contribution >= 0.6 is 11.6 Å². The van der Waals surface area contributed by atoms with Gasteiger partial charge in [0.25, 0.3) is 0 Å². The first kappa shape index (κ1) is 7.55. The molecule has 2 heterocycles. The molecule has 0 aromatic carbocycles. The Morgan fingerprint density at radius 1 is 1.42 bits per heavy atom. The molecule has 2 aromatic heterocycles. The zero-order valence-corrected chi connectivity index (χ0v) is 7.63. The van der Waals surface area contributed by atoms with Gasteiger partial charge in [-0.05, 0) is 19.1 Å². The fraction of sp³-hybridized carbons (Fsp3) is 0.250. The quantitative estimate of drug-likeness (QED) is 0.582. The van der Waals surface area contributed by atoms with E-state index in [1.807, 2.05) is 20.0 Å². The number of rotatable bonds is 0. The molecule has 0 N–H and O–H groups in total. The van der Waals surface area contributed by atoms with Gasteiger partial charge in [-0.25, -0.2) is 4.98 Å². The third kappa shape index (κ3) is 0.975. The standard InChI is InChI=1S/C8H8ClN3/c1-5-8-6(12(2)11-5)3-4-7(9)10-8/h3-4H,1-2H3. The molecule has 4 heteroatoms. The van der Waals surface area contributed by atoms with Crippen molar-refractivity contribution < 1.29 is 0 Å². The van der Waals surface area contributed by atoms with Crippen LogP contribution in [0.2, 0.25) is 5.15 Å². The molecule has 0 fully saturated rings. The molecule has 2 rings (SSSR count). The molecule has 0 saturated carbocycles. The number of aryl methyl sites for hydroxylation is 2.